The fourth-order valence-corrected chi connectivity index (χ4v) is 1.25. The van der Waals surface area contributed by atoms with Gasteiger partial charge in [0.15, 0.2) is 0 Å². The topological polar surface area (TPSA) is 46.2 Å². The first kappa shape index (κ1) is 10.2. The molecule has 3 N–H and O–H groups in total. The van der Waals surface area contributed by atoms with Crippen LogP contribution in [0.3, 0.4) is 0 Å². The second-order valence-electron chi connectivity index (χ2n) is 3.22. The van der Waals surface area contributed by atoms with E-state index in [1.54, 1.807) is 26.0 Å². The lowest BCUT2D eigenvalue weighted by Gasteiger charge is -2.17. The van der Waals surface area contributed by atoms with E-state index in [0.717, 1.165) is 0 Å². The largest absolute Gasteiger partial charge is 0.391 e. The van der Waals surface area contributed by atoms with Crippen molar-refractivity contribution in [3.8, 4) is 0 Å². The molecule has 0 radical (unpaired) electrons. The molecule has 0 aliphatic heterocycles. The minimum absolute atomic E-state index is 0.284. The maximum atomic E-state index is 13.1. The zero-order chi connectivity index (χ0) is 10.0. The summed E-state index contributed by atoms with van der Waals surface area (Å²) in [7, 11) is 0. The zero-order valence-electron chi connectivity index (χ0n) is 7.79. The summed E-state index contributed by atoms with van der Waals surface area (Å²) in [6.45, 7) is 3.25. The van der Waals surface area contributed by atoms with Gasteiger partial charge in [0.25, 0.3) is 0 Å². The maximum absolute atomic E-state index is 13.1. The van der Waals surface area contributed by atoms with E-state index in [4.69, 9.17) is 5.73 Å². The van der Waals surface area contributed by atoms with Gasteiger partial charge in [-0.1, -0.05) is 12.1 Å². The number of nitrogens with two attached hydrogens (primary N) is 1. The lowest BCUT2D eigenvalue weighted by atomic mass is 9.98. The standard InChI is InChI=1S/C10H14FNO/c1-6-8(10(12)7(2)13)4-3-5-9(6)11/h3-5,7,10,13H,12H2,1-2H3/t7-,10-/m0/s1. The van der Waals surface area contributed by atoms with Crippen LogP contribution < -0.4 is 5.73 Å². The maximum Gasteiger partial charge on any atom is 0.126 e. The van der Waals surface area contributed by atoms with Crippen molar-refractivity contribution in [1.29, 1.82) is 0 Å². The molecule has 0 saturated heterocycles. The molecular formula is C10H14FNO. The molecule has 0 spiro atoms. The van der Waals surface area contributed by atoms with Crippen LogP contribution in [-0.4, -0.2) is 11.2 Å². The van der Waals surface area contributed by atoms with E-state index in [2.05, 4.69) is 0 Å². The summed E-state index contributed by atoms with van der Waals surface area (Å²) < 4.78 is 13.1. The number of hydrogen-bond donors (Lipinski definition) is 2. The first-order chi connectivity index (χ1) is 6.04. The van der Waals surface area contributed by atoms with E-state index in [9.17, 15) is 9.50 Å². The summed E-state index contributed by atoms with van der Waals surface area (Å²) in [4.78, 5) is 0. The van der Waals surface area contributed by atoms with Crippen molar-refractivity contribution in [2.45, 2.75) is 26.0 Å². The third-order valence-corrected chi connectivity index (χ3v) is 2.19. The molecule has 3 heteroatoms. The van der Waals surface area contributed by atoms with Gasteiger partial charge in [0.05, 0.1) is 12.1 Å². The van der Waals surface area contributed by atoms with Crippen LogP contribution in [0.2, 0.25) is 0 Å². The minimum atomic E-state index is -0.666. The van der Waals surface area contributed by atoms with Crippen molar-refractivity contribution in [3.63, 3.8) is 0 Å². The summed E-state index contributed by atoms with van der Waals surface area (Å²) in [6, 6.07) is 4.19. The molecule has 1 rings (SSSR count). The normalized spacial score (nSPS) is 15.5. The Morgan fingerprint density at radius 1 is 1.46 bits per heavy atom. The van der Waals surface area contributed by atoms with Crippen molar-refractivity contribution in [2.75, 3.05) is 0 Å². The molecule has 13 heavy (non-hydrogen) atoms. The molecule has 0 fully saturated rings. The molecule has 0 saturated carbocycles. The number of halogens is 1. The first-order valence-electron chi connectivity index (χ1n) is 4.22. The van der Waals surface area contributed by atoms with Crippen molar-refractivity contribution < 1.29 is 9.50 Å². The molecular weight excluding hydrogens is 169 g/mol. The highest BCUT2D eigenvalue weighted by Crippen LogP contribution is 2.20. The van der Waals surface area contributed by atoms with Gasteiger partial charge in [0.1, 0.15) is 5.82 Å². The van der Waals surface area contributed by atoms with Crippen LogP contribution in [0, 0.1) is 12.7 Å². The molecule has 2 nitrogen and oxygen atoms in total. The first-order valence-corrected chi connectivity index (χ1v) is 4.22. The second-order valence-corrected chi connectivity index (χ2v) is 3.22. The summed E-state index contributed by atoms with van der Waals surface area (Å²) in [5.74, 6) is -0.284. The lowest BCUT2D eigenvalue weighted by molar-refractivity contribution is 0.164. The SMILES string of the molecule is Cc1c(F)cccc1[C@@H](N)[C@H](C)O. The average Bonchev–Trinajstić information content (AvgIpc) is 2.08. The fourth-order valence-electron chi connectivity index (χ4n) is 1.25. The number of aliphatic hydroxyl groups is 1. The van der Waals surface area contributed by atoms with E-state index >= 15 is 0 Å². The van der Waals surface area contributed by atoms with Crippen LogP contribution in [0.5, 0.6) is 0 Å². The summed E-state index contributed by atoms with van der Waals surface area (Å²) >= 11 is 0. The molecule has 0 heterocycles. The van der Waals surface area contributed by atoms with Crippen LogP contribution in [0.4, 0.5) is 4.39 Å². The Kier molecular flexibility index (Phi) is 3.01. The predicted molar refractivity (Wildman–Crippen MR) is 49.7 cm³/mol. The third kappa shape index (κ3) is 2.05. The van der Waals surface area contributed by atoms with Gasteiger partial charge >= 0.3 is 0 Å². The number of hydrogen-bond acceptors (Lipinski definition) is 2. The Hall–Kier alpha value is -0.930. The fraction of sp³-hybridized carbons (Fsp3) is 0.400. The van der Waals surface area contributed by atoms with Gasteiger partial charge < -0.3 is 10.8 Å². The third-order valence-electron chi connectivity index (χ3n) is 2.19. The molecule has 0 aromatic heterocycles. The summed E-state index contributed by atoms with van der Waals surface area (Å²) in [6.07, 6.45) is -0.666. The van der Waals surface area contributed by atoms with Crippen molar-refractivity contribution in [3.05, 3.63) is 35.1 Å². The molecule has 0 amide bonds. The highest BCUT2D eigenvalue weighted by atomic mass is 19.1. The molecule has 1 aromatic rings. The quantitative estimate of drug-likeness (QED) is 0.730. The Bertz CT molecular complexity index is 299. The van der Waals surface area contributed by atoms with Gasteiger partial charge in [0, 0.05) is 0 Å². The second kappa shape index (κ2) is 3.85. The Morgan fingerprint density at radius 3 is 2.62 bits per heavy atom. The van der Waals surface area contributed by atoms with Crippen LogP contribution in [-0.2, 0) is 0 Å². The molecule has 0 bridgehead atoms. The zero-order valence-corrected chi connectivity index (χ0v) is 7.79. The van der Waals surface area contributed by atoms with Gasteiger partial charge in [-0.3, -0.25) is 0 Å². The summed E-state index contributed by atoms with van der Waals surface area (Å²) in [5, 5.41) is 9.24. The molecule has 1 aromatic carbocycles. The van der Waals surface area contributed by atoms with E-state index < -0.39 is 12.1 Å². The average molecular weight is 183 g/mol. The lowest BCUT2D eigenvalue weighted by Crippen LogP contribution is -2.24. The molecule has 0 aliphatic carbocycles. The summed E-state index contributed by atoms with van der Waals surface area (Å²) in [5.41, 5.74) is 6.86. The van der Waals surface area contributed by atoms with Crippen LogP contribution in [0.15, 0.2) is 18.2 Å². The monoisotopic (exact) mass is 183 g/mol. The van der Waals surface area contributed by atoms with Crippen molar-refractivity contribution in [1.82, 2.24) is 0 Å². The van der Waals surface area contributed by atoms with E-state index in [-0.39, 0.29) is 5.82 Å². The van der Waals surface area contributed by atoms with E-state index in [1.165, 1.54) is 6.07 Å². The molecule has 0 unspecified atom stereocenters. The predicted octanol–water partition coefficient (Wildman–Crippen LogP) is 1.51. The van der Waals surface area contributed by atoms with Gasteiger partial charge in [-0.15, -0.1) is 0 Å². The highest BCUT2D eigenvalue weighted by Gasteiger charge is 2.15. The van der Waals surface area contributed by atoms with Crippen LogP contribution >= 0.6 is 0 Å². The molecule has 0 aliphatic rings. The van der Waals surface area contributed by atoms with Gasteiger partial charge in [0.2, 0.25) is 0 Å². The smallest absolute Gasteiger partial charge is 0.126 e. The Labute approximate surface area is 77.2 Å². The van der Waals surface area contributed by atoms with E-state index in [1.807, 2.05) is 0 Å². The molecule has 72 valence electrons. The minimum Gasteiger partial charge on any atom is -0.391 e. The van der Waals surface area contributed by atoms with Crippen molar-refractivity contribution >= 4 is 0 Å². The van der Waals surface area contributed by atoms with Crippen molar-refractivity contribution in [2.24, 2.45) is 5.73 Å². The van der Waals surface area contributed by atoms with E-state index in [0.29, 0.717) is 11.1 Å². The van der Waals surface area contributed by atoms with Gasteiger partial charge in [-0.25, -0.2) is 4.39 Å². The van der Waals surface area contributed by atoms with Gasteiger partial charge in [-0.2, -0.15) is 0 Å². The Balaban J connectivity index is 3.07. The number of benzene rings is 1. The van der Waals surface area contributed by atoms with Crippen LogP contribution in [0.25, 0.3) is 0 Å². The van der Waals surface area contributed by atoms with Crippen LogP contribution in [0.1, 0.15) is 24.1 Å². The Morgan fingerprint density at radius 2 is 2.08 bits per heavy atom. The molecule has 2 atom stereocenters. The number of rotatable bonds is 2. The van der Waals surface area contributed by atoms with Gasteiger partial charge in [-0.05, 0) is 31.0 Å². The number of aliphatic hydroxyl groups excluding tert-OH is 1. The highest BCUT2D eigenvalue weighted by molar-refractivity contribution is 5.30.